The smallest absolute Gasteiger partial charge is 0.343 e. The second-order valence-corrected chi connectivity index (χ2v) is 10.9. The molecule has 1 aliphatic carbocycles. The summed E-state index contributed by atoms with van der Waals surface area (Å²) in [5.41, 5.74) is 4.62. The Hall–Kier alpha value is -3.60. The fourth-order valence-corrected chi connectivity index (χ4v) is 5.56. The summed E-state index contributed by atoms with van der Waals surface area (Å²) < 4.78 is 11.6. The minimum absolute atomic E-state index is 0.0610. The average molecular weight is 543 g/mol. The first-order valence-electron chi connectivity index (χ1n) is 14.9. The van der Waals surface area contributed by atoms with Gasteiger partial charge < -0.3 is 14.6 Å². The number of carboxylic acid groups (broad SMARTS) is 1. The molecule has 0 fully saturated rings. The van der Waals surface area contributed by atoms with E-state index in [0.29, 0.717) is 24.2 Å². The van der Waals surface area contributed by atoms with E-state index >= 15 is 0 Å². The fourth-order valence-electron chi connectivity index (χ4n) is 5.56. The van der Waals surface area contributed by atoms with Crippen molar-refractivity contribution in [1.29, 1.82) is 0 Å². The minimum atomic E-state index is -0.754. The van der Waals surface area contributed by atoms with E-state index in [1.165, 1.54) is 44.9 Å². The summed E-state index contributed by atoms with van der Waals surface area (Å²) in [7, 11) is 0. The Labute approximate surface area is 238 Å². The predicted octanol–water partition coefficient (Wildman–Crippen LogP) is 8.84. The van der Waals surface area contributed by atoms with Crippen LogP contribution in [0.5, 0.6) is 11.5 Å². The highest BCUT2D eigenvalue weighted by Gasteiger charge is 2.31. The highest BCUT2D eigenvalue weighted by Crippen LogP contribution is 2.37. The predicted molar refractivity (Wildman–Crippen MR) is 159 cm³/mol. The maximum absolute atomic E-state index is 12.8. The van der Waals surface area contributed by atoms with Crippen LogP contribution in [0.4, 0.5) is 0 Å². The van der Waals surface area contributed by atoms with Crippen LogP contribution in [0.25, 0.3) is 11.1 Å². The lowest BCUT2D eigenvalue weighted by molar-refractivity contribution is -0.142. The van der Waals surface area contributed by atoms with Gasteiger partial charge in [-0.2, -0.15) is 0 Å². The van der Waals surface area contributed by atoms with Crippen LogP contribution in [-0.2, 0) is 11.2 Å². The van der Waals surface area contributed by atoms with Gasteiger partial charge in [0.15, 0.2) is 0 Å². The molecule has 212 valence electrons. The molecule has 0 bridgehead atoms. The minimum Gasteiger partial charge on any atom is -0.494 e. The molecule has 0 aliphatic heterocycles. The van der Waals surface area contributed by atoms with Crippen LogP contribution in [0.1, 0.15) is 99.0 Å². The lowest BCUT2D eigenvalue weighted by Crippen LogP contribution is -2.25. The van der Waals surface area contributed by atoms with Crippen molar-refractivity contribution < 1.29 is 24.2 Å². The molecule has 40 heavy (non-hydrogen) atoms. The number of hydrogen-bond donors (Lipinski definition) is 1. The Balaban J connectivity index is 1.25. The van der Waals surface area contributed by atoms with Gasteiger partial charge in [-0.15, -0.1) is 0 Å². The molecule has 0 radical (unpaired) electrons. The number of aliphatic carboxylic acids is 1. The first kappa shape index (κ1) is 29.4. The molecule has 1 aliphatic rings. The van der Waals surface area contributed by atoms with Gasteiger partial charge in [-0.25, -0.2) is 4.79 Å². The van der Waals surface area contributed by atoms with Crippen molar-refractivity contribution in [2.45, 2.75) is 84.0 Å². The standard InChI is InChI=1S/C35H42O5/c1-3-4-5-6-7-8-9-10-23-39-30-18-15-27(16-19-30)26-11-13-28(14-12-26)35(38)40-31-20-22-32-25(2)33(34(36)37)21-17-29(32)24-31/h11-16,18-20,22,24-25,33H,3-10,17,21,23H2,1-2H3,(H,36,37). The van der Waals surface area contributed by atoms with Crippen LogP contribution >= 0.6 is 0 Å². The normalized spacial score (nSPS) is 16.2. The molecule has 3 aromatic rings. The van der Waals surface area contributed by atoms with Crippen molar-refractivity contribution >= 4 is 11.9 Å². The van der Waals surface area contributed by atoms with Gasteiger partial charge in [-0.05, 0) is 83.8 Å². The molecule has 5 heteroatoms. The van der Waals surface area contributed by atoms with E-state index in [1.807, 2.05) is 55.5 Å². The van der Waals surface area contributed by atoms with E-state index in [9.17, 15) is 14.7 Å². The summed E-state index contributed by atoms with van der Waals surface area (Å²) in [5.74, 6) is -0.239. The summed E-state index contributed by atoms with van der Waals surface area (Å²) in [5, 5.41) is 9.44. The lowest BCUT2D eigenvalue weighted by atomic mass is 9.76. The zero-order chi connectivity index (χ0) is 28.3. The number of rotatable bonds is 14. The summed E-state index contributed by atoms with van der Waals surface area (Å²) >= 11 is 0. The number of benzene rings is 3. The topological polar surface area (TPSA) is 72.8 Å². The highest BCUT2D eigenvalue weighted by molar-refractivity contribution is 5.91. The molecule has 1 N–H and O–H groups in total. The number of carboxylic acids is 1. The van der Waals surface area contributed by atoms with Crippen molar-refractivity contribution in [1.82, 2.24) is 0 Å². The lowest BCUT2D eigenvalue weighted by Gasteiger charge is -2.28. The zero-order valence-electron chi connectivity index (χ0n) is 23.9. The van der Waals surface area contributed by atoms with E-state index in [-0.39, 0.29) is 11.8 Å². The van der Waals surface area contributed by atoms with E-state index in [0.717, 1.165) is 41.0 Å². The fraction of sp³-hybridized carbons (Fsp3) is 0.429. The molecule has 0 aromatic heterocycles. The summed E-state index contributed by atoms with van der Waals surface area (Å²) in [4.78, 5) is 24.3. The SMILES string of the molecule is CCCCCCCCCCOc1ccc(-c2ccc(C(=O)Oc3ccc4c(c3)CCC(C(=O)O)C4C)cc2)cc1. The summed E-state index contributed by atoms with van der Waals surface area (Å²) in [6, 6.07) is 21.0. The van der Waals surface area contributed by atoms with E-state index in [2.05, 4.69) is 6.92 Å². The molecule has 0 amide bonds. The average Bonchev–Trinajstić information content (AvgIpc) is 2.96. The second kappa shape index (κ2) is 14.7. The first-order chi connectivity index (χ1) is 19.5. The number of carbonyl (C=O) groups is 2. The second-order valence-electron chi connectivity index (χ2n) is 10.9. The largest absolute Gasteiger partial charge is 0.494 e. The summed E-state index contributed by atoms with van der Waals surface area (Å²) in [6.07, 6.45) is 11.5. The van der Waals surface area contributed by atoms with E-state index < -0.39 is 11.9 Å². The molecule has 2 atom stereocenters. The van der Waals surface area contributed by atoms with Crippen molar-refractivity contribution in [2.75, 3.05) is 6.61 Å². The Bertz CT molecular complexity index is 1250. The van der Waals surface area contributed by atoms with Crippen LogP contribution in [-0.4, -0.2) is 23.7 Å². The molecule has 0 saturated carbocycles. The number of hydrogen-bond acceptors (Lipinski definition) is 4. The van der Waals surface area contributed by atoms with Gasteiger partial charge in [0, 0.05) is 0 Å². The molecular weight excluding hydrogens is 500 g/mol. The van der Waals surface area contributed by atoms with Crippen LogP contribution in [0, 0.1) is 5.92 Å². The maximum Gasteiger partial charge on any atom is 0.343 e. The van der Waals surface area contributed by atoms with Crippen LogP contribution in [0.2, 0.25) is 0 Å². The number of carbonyl (C=O) groups excluding carboxylic acids is 1. The monoisotopic (exact) mass is 542 g/mol. The van der Waals surface area contributed by atoms with Gasteiger partial charge in [0.2, 0.25) is 0 Å². The Morgan fingerprint density at radius 1 is 0.800 bits per heavy atom. The molecule has 4 rings (SSSR count). The summed E-state index contributed by atoms with van der Waals surface area (Å²) in [6.45, 7) is 4.94. The number of aryl methyl sites for hydroxylation is 1. The molecule has 0 spiro atoms. The molecule has 3 aromatic carbocycles. The Morgan fingerprint density at radius 2 is 1.40 bits per heavy atom. The molecule has 2 unspecified atom stereocenters. The number of ether oxygens (including phenoxy) is 2. The highest BCUT2D eigenvalue weighted by atomic mass is 16.5. The third kappa shape index (κ3) is 7.97. The van der Waals surface area contributed by atoms with Gasteiger partial charge in [0.05, 0.1) is 18.1 Å². The van der Waals surface area contributed by atoms with Crippen molar-refractivity contribution in [3.05, 3.63) is 83.4 Å². The quantitative estimate of drug-likeness (QED) is 0.125. The Morgan fingerprint density at radius 3 is 2.05 bits per heavy atom. The first-order valence-corrected chi connectivity index (χ1v) is 14.9. The van der Waals surface area contributed by atoms with Crippen LogP contribution in [0.3, 0.4) is 0 Å². The molecule has 0 heterocycles. The van der Waals surface area contributed by atoms with Crippen molar-refractivity contribution in [2.24, 2.45) is 5.92 Å². The van der Waals surface area contributed by atoms with E-state index in [1.54, 1.807) is 18.2 Å². The third-order valence-electron chi connectivity index (χ3n) is 8.04. The van der Waals surface area contributed by atoms with Gasteiger partial charge in [0.25, 0.3) is 0 Å². The zero-order valence-corrected chi connectivity index (χ0v) is 23.9. The van der Waals surface area contributed by atoms with Gasteiger partial charge in [-0.3, -0.25) is 4.79 Å². The van der Waals surface area contributed by atoms with Gasteiger partial charge >= 0.3 is 11.9 Å². The number of unbranched alkanes of at least 4 members (excludes halogenated alkanes) is 7. The third-order valence-corrected chi connectivity index (χ3v) is 8.04. The van der Waals surface area contributed by atoms with E-state index in [4.69, 9.17) is 9.47 Å². The van der Waals surface area contributed by atoms with Gasteiger partial charge in [-0.1, -0.05) is 89.1 Å². The number of esters is 1. The van der Waals surface area contributed by atoms with Crippen molar-refractivity contribution in [3.8, 4) is 22.6 Å². The molecule has 0 saturated heterocycles. The Kier molecular flexibility index (Phi) is 10.8. The number of fused-ring (bicyclic) bond motifs is 1. The molecular formula is C35H42O5. The van der Waals surface area contributed by atoms with Crippen LogP contribution in [0.15, 0.2) is 66.7 Å². The van der Waals surface area contributed by atoms with Crippen LogP contribution < -0.4 is 9.47 Å². The van der Waals surface area contributed by atoms with Gasteiger partial charge in [0.1, 0.15) is 11.5 Å². The van der Waals surface area contributed by atoms with Crippen molar-refractivity contribution in [3.63, 3.8) is 0 Å². The molecule has 5 nitrogen and oxygen atoms in total. The maximum atomic E-state index is 12.8.